The second-order valence-corrected chi connectivity index (χ2v) is 8.12. The number of fused-ring (bicyclic) bond motifs is 1. The highest BCUT2D eigenvalue weighted by Crippen LogP contribution is 2.24. The molecule has 0 spiro atoms. The molecule has 0 radical (unpaired) electrons. The highest BCUT2D eigenvalue weighted by atomic mass is 32.1. The predicted octanol–water partition coefficient (Wildman–Crippen LogP) is 4.47. The van der Waals surface area contributed by atoms with E-state index in [2.05, 4.69) is 20.3 Å². The van der Waals surface area contributed by atoms with E-state index in [1.807, 2.05) is 44.4 Å². The van der Waals surface area contributed by atoms with E-state index in [1.54, 1.807) is 35.6 Å². The molecule has 0 atom stereocenters. The molecule has 1 N–H and O–H groups in total. The Balaban J connectivity index is 1.39. The third kappa shape index (κ3) is 4.75. The van der Waals surface area contributed by atoms with E-state index in [4.69, 9.17) is 4.74 Å². The fraction of sp³-hybridized carbons (Fsp3) is 0.174. The molecule has 0 saturated heterocycles. The minimum Gasteiger partial charge on any atom is -0.452 e. The maximum atomic E-state index is 12.4. The average molecular weight is 433 g/mol. The normalized spacial score (nSPS) is 10.8. The van der Waals surface area contributed by atoms with Gasteiger partial charge in [-0.3, -0.25) is 4.79 Å². The van der Waals surface area contributed by atoms with E-state index in [0.29, 0.717) is 22.3 Å². The van der Waals surface area contributed by atoms with Crippen LogP contribution in [-0.4, -0.2) is 33.4 Å². The van der Waals surface area contributed by atoms with Gasteiger partial charge in [-0.05, 0) is 51.1 Å². The molecule has 2 heterocycles. The number of benzene rings is 2. The summed E-state index contributed by atoms with van der Waals surface area (Å²) in [7, 11) is 0. The van der Waals surface area contributed by atoms with Crippen LogP contribution in [0.1, 0.15) is 26.8 Å². The third-order valence-electron chi connectivity index (χ3n) is 4.71. The molecule has 0 aliphatic carbocycles. The average Bonchev–Trinajstić information content (AvgIpc) is 3.19. The number of ether oxygens (including phenoxy) is 1. The lowest BCUT2D eigenvalue weighted by Crippen LogP contribution is -2.21. The zero-order chi connectivity index (χ0) is 22.0. The molecule has 0 fully saturated rings. The van der Waals surface area contributed by atoms with Gasteiger partial charge in [0.05, 0.1) is 38.7 Å². The quantitative estimate of drug-likeness (QED) is 0.468. The van der Waals surface area contributed by atoms with Gasteiger partial charge in [0.1, 0.15) is 0 Å². The lowest BCUT2D eigenvalue weighted by atomic mass is 10.1. The van der Waals surface area contributed by atoms with Gasteiger partial charge in [-0.1, -0.05) is 12.1 Å². The van der Waals surface area contributed by atoms with Crippen molar-refractivity contribution in [2.75, 3.05) is 11.9 Å². The van der Waals surface area contributed by atoms with E-state index in [0.717, 1.165) is 27.7 Å². The van der Waals surface area contributed by atoms with Gasteiger partial charge in [0.2, 0.25) is 0 Å². The Labute approximate surface area is 183 Å². The van der Waals surface area contributed by atoms with Crippen LogP contribution in [-0.2, 0) is 9.53 Å². The molecule has 0 unspecified atom stereocenters. The summed E-state index contributed by atoms with van der Waals surface area (Å²) in [5.41, 5.74) is 5.64. The van der Waals surface area contributed by atoms with Crippen LogP contribution in [0.4, 0.5) is 5.69 Å². The number of aryl methyl sites for hydroxylation is 3. The molecule has 0 bridgehead atoms. The van der Waals surface area contributed by atoms with Crippen LogP contribution in [0.3, 0.4) is 0 Å². The van der Waals surface area contributed by atoms with Crippen molar-refractivity contribution in [1.82, 2.24) is 15.0 Å². The summed E-state index contributed by atoms with van der Waals surface area (Å²) < 4.78 is 5.17. The fourth-order valence-corrected chi connectivity index (χ4v) is 3.64. The highest BCUT2D eigenvalue weighted by Gasteiger charge is 2.13. The van der Waals surface area contributed by atoms with E-state index >= 15 is 0 Å². The van der Waals surface area contributed by atoms with Gasteiger partial charge < -0.3 is 10.1 Å². The van der Waals surface area contributed by atoms with Crippen molar-refractivity contribution in [3.8, 4) is 11.3 Å². The topological polar surface area (TPSA) is 94.1 Å². The summed E-state index contributed by atoms with van der Waals surface area (Å²) in [5.74, 6) is -1.02. The Bertz CT molecular complexity index is 1300. The number of rotatable bonds is 5. The minimum absolute atomic E-state index is 0.318. The number of nitrogens with one attached hydrogen (secondary N) is 1. The van der Waals surface area contributed by atoms with Crippen molar-refractivity contribution >= 4 is 39.9 Å². The van der Waals surface area contributed by atoms with Crippen LogP contribution in [0.2, 0.25) is 0 Å². The number of esters is 1. The first-order valence-corrected chi connectivity index (χ1v) is 10.5. The van der Waals surface area contributed by atoms with Gasteiger partial charge in [0.25, 0.3) is 5.91 Å². The van der Waals surface area contributed by atoms with E-state index in [-0.39, 0.29) is 0 Å². The number of hydrogen-bond acceptors (Lipinski definition) is 7. The number of thiazole rings is 1. The first-order chi connectivity index (χ1) is 14.9. The standard InChI is InChI=1S/C23H20N4O3S/c1-13-14(2)25-20-10-17(7-8-19(20)24-13)23(29)30-11-22(28)27-18-6-4-5-16(9-18)21-12-31-15(3)26-21/h4-10,12H,11H2,1-3H3,(H,27,28). The van der Waals surface area contributed by atoms with E-state index in [1.165, 1.54) is 0 Å². The Kier molecular flexibility index (Phi) is 5.73. The number of anilines is 1. The van der Waals surface area contributed by atoms with Crippen molar-refractivity contribution in [3.05, 3.63) is 69.8 Å². The Morgan fingerprint density at radius 3 is 2.48 bits per heavy atom. The van der Waals surface area contributed by atoms with Crippen molar-refractivity contribution in [1.29, 1.82) is 0 Å². The Hall–Kier alpha value is -3.65. The zero-order valence-corrected chi connectivity index (χ0v) is 18.1. The van der Waals surface area contributed by atoms with Crippen molar-refractivity contribution in [2.45, 2.75) is 20.8 Å². The monoisotopic (exact) mass is 432 g/mol. The van der Waals surface area contributed by atoms with E-state index < -0.39 is 18.5 Å². The molecule has 156 valence electrons. The van der Waals surface area contributed by atoms with Gasteiger partial charge in [-0.15, -0.1) is 11.3 Å². The number of carbonyl (C=O) groups is 2. The lowest BCUT2D eigenvalue weighted by Gasteiger charge is -2.08. The van der Waals surface area contributed by atoms with Gasteiger partial charge in [0, 0.05) is 16.6 Å². The summed E-state index contributed by atoms with van der Waals surface area (Å²) >= 11 is 1.57. The molecule has 31 heavy (non-hydrogen) atoms. The maximum absolute atomic E-state index is 12.4. The first-order valence-electron chi connectivity index (χ1n) is 9.63. The van der Waals surface area contributed by atoms with E-state index in [9.17, 15) is 9.59 Å². The SMILES string of the molecule is Cc1nc(-c2cccc(NC(=O)COC(=O)c3ccc4nc(C)c(C)nc4c3)c2)cs1. The third-order valence-corrected chi connectivity index (χ3v) is 5.48. The van der Waals surface area contributed by atoms with Gasteiger partial charge in [0.15, 0.2) is 6.61 Å². The van der Waals surface area contributed by atoms with Crippen LogP contribution in [0.15, 0.2) is 47.8 Å². The van der Waals surface area contributed by atoms with Crippen LogP contribution in [0.25, 0.3) is 22.3 Å². The van der Waals surface area contributed by atoms with Crippen LogP contribution < -0.4 is 5.32 Å². The number of hydrogen-bond donors (Lipinski definition) is 1. The van der Waals surface area contributed by atoms with Gasteiger partial charge in [-0.25, -0.2) is 19.7 Å². The molecule has 8 heteroatoms. The Morgan fingerprint density at radius 2 is 1.74 bits per heavy atom. The molecule has 0 aliphatic rings. The summed E-state index contributed by atoms with van der Waals surface area (Å²) in [6.07, 6.45) is 0. The molecule has 4 aromatic rings. The Morgan fingerprint density at radius 1 is 0.968 bits per heavy atom. The molecule has 7 nitrogen and oxygen atoms in total. The van der Waals surface area contributed by atoms with Crippen molar-refractivity contribution in [2.24, 2.45) is 0 Å². The molecule has 2 aromatic heterocycles. The minimum atomic E-state index is -0.594. The van der Waals surface area contributed by atoms with Crippen LogP contribution in [0, 0.1) is 20.8 Å². The predicted molar refractivity (Wildman–Crippen MR) is 120 cm³/mol. The second-order valence-electron chi connectivity index (χ2n) is 7.05. The molecule has 0 saturated carbocycles. The summed E-state index contributed by atoms with van der Waals surface area (Å²) in [6, 6.07) is 12.3. The number of carbonyl (C=O) groups excluding carboxylic acids is 2. The molecule has 0 aliphatic heterocycles. The lowest BCUT2D eigenvalue weighted by molar-refractivity contribution is -0.119. The van der Waals surface area contributed by atoms with Crippen molar-refractivity contribution < 1.29 is 14.3 Å². The molecule has 1 amide bonds. The smallest absolute Gasteiger partial charge is 0.338 e. The fourth-order valence-electron chi connectivity index (χ4n) is 3.02. The molecular formula is C23H20N4O3S. The summed E-state index contributed by atoms with van der Waals surface area (Å²) in [4.78, 5) is 38.0. The zero-order valence-electron chi connectivity index (χ0n) is 17.3. The number of nitrogens with zero attached hydrogens (tertiary/aromatic N) is 3. The first kappa shape index (κ1) is 20.6. The van der Waals surface area contributed by atoms with Gasteiger partial charge in [-0.2, -0.15) is 0 Å². The number of aromatic nitrogens is 3. The largest absolute Gasteiger partial charge is 0.452 e. The van der Waals surface area contributed by atoms with Crippen LogP contribution in [0.5, 0.6) is 0 Å². The summed E-state index contributed by atoms with van der Waals surface area (Å²) in [5, 5.41) is 5.69. The van der Waals surface area contributed by atoms with Crippen molar-refractivity contribution in [3.63, 3.8) is 0 Å². The highest BCUT2D eigenvalue weighted by molar-refractivity contribution is 7.09. The summed E-state index contributed by atoms with van der Waals surface area (Å²) in [6.45, 7) is 5.30. The number of amides is 1. The van der Waals surface area contributed by atoms with Crippen LogP contribution >= 0.6 is 11.3 Å². The molecular weight excluding hydrogens is 412 g/mol. The second kappa shape index (κ2) is 8.61. The van der Waals surface area contributed by atoms with Gasteiger partial charge >= 0.3 is 5.97 Å². The maximum Gasteiger partial charge on any atom is 0.338 e. The molecule has 2 aromatic carbocycles. The molecule has 4 rings (SSSR count).